The Labute approximate surface area is 167 Å². The monoisotopic (exact) mass is 405 g/mol. The van der Waals surface area contributed by atoms with Gasteiger partial charge in [0.2, 0.25) is 15.9 Å². The van der Waals surface area contributed by atoms with E-state index in [1.807, 2.05) is 0 Å². The minimum absolute atomic E-state index is 0.0461. The molecule has 2 aliphatic carbocycles. The highest BCUT2D eigenvalue weighted by Gasteiger charge is 2.61. The number of amides is 1. The summed E-state index contributed by atoms with van der Waals surface area (Å²) in [6.45, 7) is 9.37. The van der Waals surface area contributed by atoms with Gasteiger partial charge in [-0.1, -0.05) is 20.8 Å². The molecule has 6 nitrogen and oxygen atoms in total. The van der Waals surface area contributed by atoms with Gasteiger partial charge in [-0.05, 0) is 73.1 Å². The molecule has 0 aromatic heterocycles. The molecule has 3 aliphatic rings. The summed E-state index contributed by atoms with van der Waals surface area (Å²) in [7, 11) is -3.72. The maximum absolute atomic E-state index is 12.9. The van der Waals surface area contributed by atoms with Crippen LogP contribution in [0.2, 0.25) is 0 Å². The number of anilines is 1. The zero-order valence-electron chi connectivity index (χ0n) is 17.2. The lowest BCUT2D eigenvalue weighted by Crippen LogP contribution is -2.50. The predicted molar refractivity (Wildman–Crippen MR) is 109 cm³/mol. The molecule has 1 aliphatic heterocycles. The van der Waals surface area contributed by atoms with Crippen molar-refractivity contribution >= 4 is 21.6 Å². The highest BCUT2D eigenvalue weighted by Crippen LogP contribution is 2.65. The Morgan fingerprint density at radius 3 is 2.61 bits per heavy atom. The van der Waals surface area contributed by atoms with Crippen molar-refractivity contribution in [2.24, 2.45) is 21.9 Å². The molecule has 1 aromatic rings. The molecule has 4 atom stereocenters. The first kappa shape index (κ1) is 19.7. The Morgan fingerprint density at radius 2 is 2.04 bits per heavy atom. The third-order valence-corrected chi connectivity index (χ3v) is 9.09. The smallest absolute Gasteiger partial charge is 0.239 e. The molecule has 28 heavy (non-hydrogen) atoms. The van der Waals surface area contributed by atoms with Gasteiger partial charge >= 0.3 is 0 Å². The van der Waals surface area contributed by atoms with Crippen molar-refractivity contribution in [2.75, 3.05) is 11.4 Å². The molecule has 4 rings (SSSR count). The van der Waals surface area contributed by atoms with Crippen LogP contribution in [0.1, 0.15) is 52.5 Å². The number of nitrogens with zero attached hydrogens (tertiary/aromatic N) is 1. The van der Waals surface area contributed by atoms with Crippen LogP contribution < -0.4 is 15.4 Å². The number of rotatable bonds is 4. The minimum atomic E-state index is -3.72. The topological polar surface area (TPSA) is 92.5 Å². The summed E-state index contributed by atoms with van der Waals surface area (Å²) in [6.07, 6.45) is 4.22. The van der Waals surface area contributed by atoms with E-state index in [0.717, 1.165) is 17.7 Å². The molecular formula is C21H31N3O3S. The van der Waals surface area contributed by atoms with Gasteiger partial charge in [0.1, 0.15) is 0 Å². The van der Waals surface area contributed by atoms with Crippen LogP contribution in [-0.2, 0) is 21.2 Å². The van der Waals surface area contributed by atoms with Gasteiger partial charge in [-0.15, -0.1) is 0 Å². The summed E-state index contributed by atoms with van der Waals surface area (Å²) in [4.78, 5) is 15.1. The van der Waals surface area contributed by atoms with Crippen LogP contribution in [0.4, 0.5) is 5.69 Å². The fraction of sp³-hybridized carbons (Fsp3) is 0.667. The van der Waals surface area contributed by atoms with Crippen molar-refractivity contribution in [2.45, 2.75) is 70.4 Å². The molecule has 0 spiro atoms. The molecule has 2 fully saturated rings. The molecular weight excluding hydrogens is 374 g/mol. The van der Waals surface area contributed by atoms with Crippen molar-refractivity contribution < 1.29 is 13.2 Å². The van der Waals surface area contributed by atoms with Crippen LogP contribution in [0.3, 0.4) is 0 Å². The lowest BCUT2D eigenvalue weighted by molar-refractivity contribution is -0.121. The van der Waals surface area contributed by atoms with E-state index >= 15 is 0 Å². The Balaban J connectivity index is 1.48. The Morgan fingerprint density at radius 1 is 1.32 bits per heavy atom. The zero-order valence-corrected chi connectivity index (χ0v) is 18.0. The largest absolute Gasteiger partial charge is 0.359 e. The molecule has 154 valence electrons. The molecule has 2 saturated carbocycles. The highest BCUT2D eigenvalue weighted by atomic mass is 32.2. The third kappa shape index (κ3) is 2.86. The summed E-state index contributed by atoms with van der Waals surface area (Å²) < 4.78 is 23.2. The van der Waals surface area contributed by atoms with E-state index in [1.165, 1.54) is 18.9 Å². The van der Waals surface area contributed by atoms with Gasteiger partial charge in [0, 0.05) is 17.8 Å². The third-order valence-electron chi connectivity index (χ3n) is 8.18. The summed E-state index contributed by atoms with van der Waals surface area (Å²) in [5.74, 6) is 0.732. The number of nitrogens with one attached hydrogen (secondary N) is 1. The van der Waals surface area contributed by atoms with Crippen LogP contribution in [0, 0.1) is 16.7 Å². The number of carbonyl (C=O) groups is 1. The molecule has 0 saturated heterocycles. The van der Waals surface area contributed by atoms with E-state index in [9.17, 15) is 13.2 Å². The second-order valence-corrected chi connectivity index (χ2v) is 11.3. The van der Waals surface area contributed by atoms with Gasteiger partial charge in [0.25, 0.3) is 0 Å². The number of nitrogens with two attached hydrogens (primary N) is 1. The number of hydrogen-bond donors (Lipinski definition) is 2. The highest BCUT2D eigenvalue weighted by molar-refractivity contribution is 7.89. The number of carbonyl (C=O) groups excluding carboxylic acids is 1. The summed E-state index contributed by atoms with van der Waals surface area (Å²) in [5.41, 5.74) is 2.28. The van der Waals surface area contributed by atoms with Gasteiger partial charge in [0.05, 0.1) is 11.4 Å². The first-order valence-corrected chi connectivity index (χ1v) is 11.7. The maximum atomic E-state index is 12.9. The quantitative estimate of drug-likeness (QED) is 0.805. The molecule has 1 heterocycles. The average Bonchev–Trinajstić information content (AvgIpc) is 3.08. The Hall–Kier alpha value is -1.60. The number of fused-ring (bicyclic) bond motifs is 3. The van der Waals surface area contributed by atoms with E-state index in [2.05, 4.69) is 37.9 Å². The average molecular weight is 406 g/mol. The standard InChI is InChI=1S/C21H31N3O3S/c1-13-9-14-10-16(28(22,26)27)5-6-17(14)24(13)12-19(25)23-18-11-15-7-8-21(18,4)20(15,2)3/h5-6,10,13,15,18H,7-9,11-12H2,1-4H3,(H,23,25)(H2,22,26,27)/t13-,15-,18+,21-/m1/s1. The zero-order chi connectivity index (χ0) is 20.5. The van der Waals surface area contributed by atoms with Crippen molar-refractivity contribution in [3.8, 4) is 0 Å². The SMILES string of the molecule is C[C@@H]1Cc2cc(S(N)(=O)=O)ccc2N1CC(=O)N[C@H]1C[C@H]2CC[C@@]1(C)C2(C)C. The van der Waals surface area contributed by atoms with Crippen molar-refractivity contribution in [1.29, 1.82) is 0 Å². The van der Waals surface area contributed by atoms with E-state index < -0.39 is 10.0 Å². The second kappa shape index (κ2) is 6.20. The van der Waals surface area contributed by atoms with Crippen LogP contribution in [0.25, 0.3) is 0 Å². The van der Waals surface area contributed by atoms with Crippen molar-refractivity contribution in [3.05, 3.63) is 23.8 Å². The fourth-order valence-corrected chi connectivity index (χ4v) is 6.47. The fourth-order valence-electron chi connectivity index (χ4n) is 5.91. The second-order valence-electron chi connectivity index (χ2n) is 9.75. The molecule has 7 heteroatoms. The van der Waals surface area contributed by atoms with Gasteiger partial charge < -0.3 is 10.2 Å². The van der Waals surface area contributed by atoms with Gasteiger partial charge in [0.15, 0.2) is 0 Å². The number of hydrogen-bond acceptors (Lipinski definition) is 4. The first-order valence-electron chi connectivity index (χ1n) is 10.2. The minimum Gasteiger partial charge on any atom is -0.359 e. The van der Waals surface area contributed by atoms with Crippen LogP contribution >= 0.6 is 0 Å². The van der Waals surface area contributed by atoms with Crippen molar-refractivity contribution in [3.63, 3.8) is 0 Å². The van der Waals surface area contributed by atoms with E-state index in [-0.39, 0.29) is 33.7 Å². The lowest BCUT2D eigenvalue weighted by Gasteiger charge is -2.39. The number of primary sulfonamides is 1. The summed E-state index contributed by atoms with van der Waals surface area (Å²) in [6, 6.07) is 5.31. The van der Waals surface area contributed by atoms with Crippen LogP contribution in [0.5, 0.6) is 0 Å². The molecule has 3 N–H and O–H groups in total. The predicted octanol–water partition coefficient (Wildman–Crippen LogP) is 2.42. The van der Waals surface area contributed by atoms with E-state index in [0.29, 0.717) is 18.9 Å². The summed E-state index contributed by atoms with van der Waals surface area (Å²) >= 11 is 0. The number of sulfonamides is 1. The molecule has 0 radical (unpaired) electrons. The first-order chi connectivity index (χ1) is 12.9. The lowest BCUT2D eigenvalue weighted by atomic mass is 9.69. The molecule has 1 aromatic carbocycles. The van der Waals surface area contributed by atoms with Gasteiger partial charge in [-0.3, -0.25) is 4.79 Å². The van der Waals surface area contributed by atoms with Gasteiger partial charge in [-0.2, -0.15) is 0 Å². The van der Waals surface area contributed by atoms with Crippen LogP contribution in [0.15, 0.2) is 23.1 Å². The van der Waals surface area contributed by atoms with E-state index in [4.69, 9.17) is 5.14 Å². The Bertz CT molecular complexity index is 927. The normalized spacial score (nSPS) is 33.2. The maximum Gasteiger partial charge on any atom is 0.239 e. The molecule has 1 amide bonds. The van der Waals surface area contributed by atoms with Crippen molar-refractivity contribution in [1.82, 2.24) is 5.32 Å². The number of benzene rings is 1. The van der Waals surface area contributed by atoms with Gasteiger partial charge in [-0.25, -0.2) is 13.6 Å². The summed E-state index contributed by atoms with van der Waals surface area (Å²) in [5, 5.41) is 8.57. The van der Waals surface area contributed by atoms with E-state index in [1.54, 1.807) is 12.1 Å². The van der Waals surface area contributed by atoms with Crippen LogP contribution in [-0.4, -0.2) is 33.0 Å². The molecule has 2 bridgehead atoms. The molecule has 0 unspecified atom stereocenters. The Kier molecular flexibility index (Phi) is 4.36.